The number of aliphatic hydroxyl groups excluding tert-OH is 1. The summed E-state index contributed by atoms with van der Waals surface area (Å²) >= 11 is 0. The molecule has 6 heteroatoms. The van der Waals surface area contributed by atoms with E-state index in [2.05, 4.69) is 15.0 Å². The van der Waals surface area contributed by atoms with Gasteiger partial charge in [0.05, 0.1) is 25.0 Å². The van der Waals surface area contributed by atoms with E-state index >= 15 is 0 Å². The van der Waals surface area contributed by atoms with E-state index in [0.29, 0.717) is 18.3 Å². The van der Waals surface area contributed by atoms with Crippen LogP contribution < -0.4 is 0 Å². The Morgan fingerprint density at radius 1 is 1.50 bits per heavy atom. The van der Waals surface area contributed by atoms with Crippen LogP contribution in [0.1, 0.15) is 18.7 Å². The summed E-state index contributed by atoms with van der Waals surface area (Å²) in [5.41, 5.74) is 0.810. The van der Waals surface area contributed by atoms with E-state index in [1.165, 1.54) is 0 Å². The Labute approximate surface area is 104 Å². The van der Waals surface area contributed by atoms with Gasteiger partial charge in [-0.05, 0) is 25.5 Å². The summed E-state index contributed by atoms with van der Waals surface area (Å²) in [5.74, 6) is 1.12. The maximum atomic E-state index is 9.25. The molecule has 1 aliphatic heterocycles. The van der Waals surface area contributed by atoms with Crippen molar-refractivity contribution < 1.29 is 14.0 Å². The van der Waals surface area contributed by atoms with Gasteiger partial charge < -0.3 is 14.0 Å². The topological polar surface area (TPSA) is 75.5 Å². The highest BCUT2D eigenvalue weighted by Crippen LogP contribution is 2.21. The van der Waals surface area contributed by atoms with Crippen LogP contribution in [0.4, 0.5) is 0 Å². The molecule has 1 atom stereocenters. The molecule has 2 aromatic heterocycles. The van der Waals surface area contributed by atoms with Crippen LogP contribution in [0.25, 0.3) is 11.4 Å². The maximum absolute atomic E-state index is 9.25. The van der Waals surface area contributed by atoms with Crippen LogP contribution in [0.15, 0.2) is 27.5 Å². The molecule has 0 bridgehead atoms. The third-order valence-corrected chi connectivity index (χ3v) is 3.30. The minimum absolute atomic E-state index is 0.183. The van der Waals surface area contributed by atoms with Gasteiger partial charge >= 0.3 is 0 Å². The number of hydrogen-bond donors (Lipinski definition) is 1. The third-order valence-electron chi connectivity index (χ3n) is 3.30. The zero-order valence-electron chi connectivity index (χ0n) is 9.95. The molecule has 6 nitrogen and oxygen atoms in total. The lowest BCUT2D eigenvalue weighted by Gasteiger charge is -2.20. The van der Waals surface area contributed by atoms with Crippen molar-refractivity contribution >= 4 is 0 Å². The summed E-state index contributed by atoms with van der Waals surface area (Å²) in [5, 5.41) is 13.2. The van der Waals surface area contributed by atoms with Crippen LogP contribution in [-0.4, -0.2) is 39.3 Å². The van der Waals surface area contributed by atoms with Gasteiger partial charge in [-0.2, -0.15) is 4.98 Å². The highest BCUT2D eigenvalue weighted by atomic mass is 16.5. The van der Waals surface area contributed by atoms with Gasteiger partial charge in [0.2, 0.25) is 11.7 Å². The lowest BCUT2D eigenvalue weighted by molar-refractivity contribution is 0.141. The Bertz CT molecular complexity index is 494. The van der Waals surface area contributed by atoms with Crippen LogP contribution in [0.2, 0.25) is 0 Å². The molecule has 0 aromatic carbocycles. The Morgan fingerprint density at radius 2 is 2.44 bits per heavy atom. The predicted octanol–water partition coefficient (Wildman–Crippen LogP) is 1.29. The molecule has 0 spiro atoms. The van der Waals surface area contributed by atoms with Crippen molar-refractivity contribution in [3.63, 3.8) is 0 Å². The second kappa shape index (κ2) is 4.91. The zero-order chi connectivity index (χ0) is 12.4. The number of aliphatic hydroxyl groups is 1. The fraction of sp³-hybridized carbons (Fsp3) is 0.500. The predicted molar refractivity (Wildman–Crippen MR) is 62.5 cm³/mol. The standard InChI is InChI=1S/C12H15N3O3/c16-7-10-2-1-4-15(10)6-11-13-12(14-18-11)9-3-5-17-8-9/h3,5,8,10,16H,1-2,4,6-7H2/t10-/m1/s1. The molecule has 3 heterocycles. The van der Waals surface area contributed by atoms with E-state index in [0.717, 1.165) is 24.9 Å². The molecule has 0 radical (unpaired) electrons. The van der Waals surface area contributed by atoms with Crippen LogP contribution in [-0.2, 0) is 6.54 Å². The van der Waals surface area contributed by atoms with Gasteiger partial charge in [0.25, 0.3) is 0 Å². The Morgan fingerprint density at radius 3 is 3.22 bits per heavy atom. The quantitative estimate of drug-likeness (QED) is 0.879. The fourth-order valence-corrected chi connectivity index (χ4v) is 2.31. The van der Waals surface area contributed by atoms with Gasteiger partial charge in [0.1, 0.15) is 6.26 Å². The molecule has 96 valence electrons. The van der Waals surface area contributed by atoms with Gasteiger partial charge in [-0.1, -0.05) is 5.16 Å². The molecule has 0 unspecified atom stereocenters. The minimum Gasteiger partial charge on any atom is -0.472 e. The number of nitrogens with zero attached hydrogens (tertiary/aromatic N) is 3. The van der Waals surface area contributed by atoms with Crippen LogP contribution >= 0.6 is 0 Å². The fourth-order valence-electron chi connectivity index (χ4n) is 2.31. The summed E-state index contributed by atoms with van der Waals surface area (Å²) in [6, 6.07) is 2.01. The molecular formula is C12H15N3O3. The number of hydrogen-bond acceptors (Lipinski definition) is 6. The minimum atomic E-state index is 0.183. The molecule has 0 aliphatic carbocycles. The molecule has 2 aromatic rings. The van der Waals surface area contributed by atoms with Gasteiger partial charge in [-0.25, -0.2) is 0 Å². The van der Waals surface area contributed by atoms with Crippen molar-refractivity contribution in [2.45, 2.75) is 25.4 Å². The number of likely N-dealkylation sites (tertiary alicyclic amines) is 1. The van der Waals surface area contributed by atoms with Gasteiger partial charge in [-0.3, -0.25) is 4.90 Å². The first-order valence-electron chi connectivity index (χ1n) is 6.07. The largest absolute Gasteiger partial charge is 0.472 e. The van der Waals surface area contributed by atoms with E-state index in [1.54, 1.807) is 18.6 Å². The van der Waals surface area contributed by atoms with Crippen molar-refractivity contribution in [3.05, 3.63) is 24.5 Å². The summed E-state index contributed by atoms with van der Waals surface area (Å²) in [7, 11) is 0. The van der Waals surface area contributed by atoms with E-state index in [9.17, 15) is 5.11 Å². The molecule has 18 heavy (non-hydrogen) atoms. The maximum Gasteiger partial charge on any atom is 0.241 e. The van der Waals surface area contributed by atoms with E-state index in [-0.39, 0.29) is 12.6 Å². The molecule has 1 aliphatic rings. The molecule has 1 saturated heterocycles. The van der Waals surface area contributed by atoms with Crippen LogP contribution in [0.3, 0.4) is 0 Å². The molecule has 3 rings (SSSR count). The molecular weight excluding hydrogens is 234 g/mol. The van der Waals surface area contributed by atoms with E-state index in [4.69, 9.17) is 8.94 Å². The van der Waals surface area contributed by atoms with Gasteiger partial charge in [-0.15, -0.1) is 0 Å². The Kier molecular flexibility index (Phi) is 3.12. The summed E-state index contributed by atoms with van der Waals surface area (Å²) < 4.78 is 10.2. The first-order valence-corrected chi connectivity index (χ1v) is 6.07. The first kappa shape index (κ1) is 11.4. The van der Waals surface area contributed by atoms with Crippen molar-refractivity contribution in [1.82, 2.24) is 15.0 Å². The smallest absolute Gasteiger partial charge is 0.241 e. The molecule has 1 fully saturated rings. The van der Waals surface area contributed by atoms with Gasteiger partial charge in [0, 0.05) is 6.04 Å². The normalized spacial score (nSPS) is 20.6. The lowest BCUT2D eigenvalue weighted by atomic mass is 10.2. The zero-order valence-corrected chi connectivity index (χ0v) is 9.95. The summed E-state index contributed by atoms with van der Waals surface area (Å²) in [6.45, 7) is 1.74. The van der Waals surface area contributed by atoms with Crippen molar-refractivity contribution in [2.24, 2.45) is 0 Å². The van der Waals surface area contributed by atoms with Crippen LogP contribution in [0.5, 0.6) is 0 Å². The third kappa shape index (κ3) is 2.16. The van der Waals surface area contributed by atoms with E-state index < -0.39 is 0 Å². The van der Waals surface area contributed by atoms with Gasteiger partial charge in [0.15, 0.2) is 0 Å². The second-order valence-electron chi connectivity index (χ2n) is 4.47. The molecule has 0 amide bonds. The highest BCUT2D eigenvalue weighted by Gasteiger charge is 2.25. The van der Waals surface area contributed by atoms with E-state index in [1.807, 2.05) is 0 Å². The average molecular weight is 249 g/mol. The first-order chi connectivity index (χ1) is 8.86. The Balaban J connectivity index is 1.70. The lowest BCUT2D eigenvalue weighted by Crippen LogP contribution is -2.31. The summed E-state index contributed by atoms with van der Waals surface area (Å²) in [4.78, 5) is 6.50. The Hall–Kier alpha value is -1.66. The highest BCUT2D eigenvalue weighted by molar-refractivity contribution is 5.51. The SMILES string of the molecule is OC[C@H]1CCCN1Cc1nc(-c2ccoc2)no1. The summed E-state index contributed by atoms with van der Waals surface area (Å²) in [6.07, 6.45) is 5.29. The average Bonchev–Trinajstić information content (AvgIpc) is 3.10. The second-order valence-corrected chi connectivity index (χ2v) is 4.47. The van der Waals surface area contributed by atoms with Crippen molar-refractivity contribution in [1.29, 1.82) is 0 Å². The monoisotopic (exact) mass is 249 g/mol. The number of furan rings is 1. The van der Waals surface area contributed by atoms with Crippen molar-refractivity contribution in [3.8, 4) is 11.4 Å². The number of rotatable bonds is 4. The molecule has 1 N–H and O–H groups in total. The molecule has 0 saturated carbocycles. The number of aromatic nitrogens is 2. The van der Waals surface area contributed by atoms with Crippen molar-refractivity contribution in [2.75, 3.05) is 13.2 Å². The van der Waals surface area contributed by atoms with Crippen LogP contribution in [0, 0.1) is 0 Å².